The van der Waals surface area contributed by atoms with Crippen LogP contribution in [0.5, 0.6) is 5.75 Å². The highest BCUT2D eigenvalue weighted by molar-refractivity contribution is 5.52. The number of hydrogen-bond acceptors (Lipinski definition) is 2. The number of nitrogens with one attached hydrogen (secondary N) is 1. The molecule has 0 saturated heterocycles. The van der Waals surface area contributed by atoms with Crippen LogP contribution in [0, 0.1) is 20.8 Å². The summed E-state index contributed by atoms with van der Waals surface area (Å²) in [5, 5.41) is 3.65. The van der Waals surface area contributed by atoms with Gasteiger partial charge < -0.3 is 10.1 Å². The van der Waals surface area contributed by atoms with Crippen LogP contribution in [0.2, 0.25) is 0 Å². The van der Waals surface area contributed by atoms with Crippen molar-refractivity contribution in [1.29, 1.82) is 0 Å². The number of fused-ring (bicyclic) bond motifs is 1. The van der Waals surface area contributed by atoms with E-state index in [0.29, 0.717) is 12.1 Å². The zero-order chi connectivity index (χ0) is 12.6. The normalized spacial score (nSPS) is 19.1. The zero-order valence-corrected chi connectivity index (χ0v) is 11.6. The van der Waals surface area contributed by atoms with Crippen molar-refractivity contribution in [3.8, 4) is 5.75 Å². The van der Waals surface area contributed by atoms with Crippen molar-refractivity contribution in [3.05, 3.63) is 28.3 Å². The smallest absolute Gasteiger partial charge is 0.127 e. The van der Waals surface area contributed by atoms with Gasteiger partial charge in [0.05, 0.1) is 6.61 Å². The van der Waals surface area contributed by atoms with E-state index in [1.165, 1.54) is 22.3 Å². The number of rotatable bonds is 2. The van der Waals surface area contributed by atoms with Gasteiger partial charge >= 0.3 is 0 Å². The van der Waals surface area contributed by atoms with E-state index in [4.69, 9.17) is 4.74 Å². The minimum absolute atomic E-state index is 0.443. The topological polar surface area (TPSA) is 21.3 Å². The summed E-state index contributed by atoms with van der Waals surface area (Å²) < 4.78 is 5.89. The summed E-state index contributed by atoms with van der Waals surface area (Å²) in [5.74, 6) is 1.12. The molecule has 0 fully saturated rings. The molecule has 1 heterocycles. The molecule has 1 N–H and O–H groups in total. The van der Waals surface area contributed by atoms with Gasteiger partial charge in [-0.25, -0.2) is 0 Å². The Hall–Kier alpha value is -1.02. The Morgan fingerprint density at radius 1 is 1.24 bits per heavy atom. The van der Waals surface area contributed by atoms with Crippen LogP contribution in [0.3, 0.4) is 0 Å². The van der Waals surface area contributed by atoms with Gasteiger partial charge in [-0.3, -0.25) is 0 Å². The van der Waals surface area contributed by atoms with Gasteiger partial charge in [0.2, 0.25) is 0 Å². The summed E-state index contributed by atoms with van der Waals surface area (Å²) >= 11 is 0. The van der Waals surface area contributed by atoms with Crippen molar-refractivity contribution in [3.63, 3.8) is 0 Å². The SMILES string of the molecule is Cc1cc(C)c2c(c1C)OCCC2NC(C)C. The Labute approximate surface area is 104 Å². The third-order valence-corrected chi connectivity index (χ3v) is 3.57. The molecule has 2 heteroatoms. The van der Waals surface area contributed by atoms with Crippen LogP contribution in [0.15, 0.2) is 6.07 Å². The molecule has 1 aromatic rings. The van der Waals surface area contributed by atoms with Gasteiger partial charge in [0.1, 0.15) is 5.75 Å². The molecule has 0 amide bonds. The zero-order valence-electron chi connectivity index (χ0n) is 11.6. The molecular formula is C15H23NO. The van der Waals surface area contributed by atoms with E-state index in [1.807, 2.05) is 0 Å². The minimum Gasteiger partial charge on any atom is -0.493 e. The molecule has 1 atom stereocenters. The van der Waals surface area contributed by atoms with Gasteiger partial charge in [-0.2, -0.15) is 0 Å². The van der Waals surface area contributed by atoms with Crippen LogP contribution in [0.1, 0.15) is 48.6 Å². The van der Waals surface area contributed by atoms with Crippen LogP contribution < -0.4 is 10.1 Å². The molecule has 0 bridgehead atoms. The highest BCUT2D eigenvalue weighted by Gasteiger charge is 2.25. The Morgan fingerprint density at radius 2 is 1.94 bits per heavy atom. The monoisotopic (exact) mass is 233 g/mol. The van der Waals surface area contributed by atoms with E-state index in [0.717, 1.165) is 18.8 Å². The molecule has 1 aromatic carbocycles. The lowest BCUT2D eigenvalue weighted by molar-refractivity contribution is 0.245. The summed E-state index contributed by atoms with van der Waals surface area (Å²) in [4.78, 5) is 0. The van der Waals surface area contributed by atoms with E-state index in [-0.39, 0.29) is 0 Å². The van der Waals surface area contributed by atoms with E-state index >= 15 is 0 Å². The molecule has 0 saturated carbocycles. The van der Waals surface area contributed by atoms with Crippen molar-refractivity contribution in [1.82, 2.24) is 5.32 Å². The predicted octanol–water partition coefficient (Wildman–Crippen LogP) is 3.43. The maximum atomic E-state index is 5.89. The number of benzene rings is 1. The third kappa shape index (κ3) is 2.32. The van der Waals surface area contributed by atoms with Gasteiger partial charge in [0.25, 0.3) is 0 Å². The summed E-state index contributed by atoms with van der Waals surface area (Å²) in [6.07, 6.45) is 1.06. The van der Waals surface area contributed by atoms with Crippen molar-refractivity contribution in [2.75, 3.05) is 6.61 Å². The van der Waals surface area contributed by atoms with E-state index in [1.54, 1.807) is 0 Å². The van der Waals surface area contributed by atoms with Crippen molar-refractivity contribution in [2.24, 2.45) is 0 Å². The molecule has 2 nitrogen and oxygen atoms in total. The predicted molar refractivity (Wildman–Crippen MR) is 71.8 cm³/mol. The maximum Gasteiger partial charge on any atom is 0.127 e. The molecule has 2 rings (SSSR count). The fourth-order valence-corrected chi connectivity index (χ4v) is 2.68. The molecule has 94 valence electrons. The Kier molecular flexibility index (Phi) is 3.43. The fraction of sp³-hybridized carbons (Fsp3) is 0.600. The second-order valence-electron chi connectivity index (χ2n) is 5.39. The highest BCUT2D eigenvalue weighted by atomic mass is 16.5. The van der Waals surface area contributed by atoms with Crippen LogP contribution in [0.4, 0.5) is 0 Å². The van der Waals surface area contributed by atoms with E-state index in [2.05, 4.69) is 46.0 Å². The average molecular weight is 233 g/mol. The summed E-state index contributed by atoms with van der Waals surface area (Å²) in [6, 6.07) is 3.22. The summed E-state index contributed by atoms with van der Waals surface area (Å²) in [6.45, 7) is 11.7. The van der Waals surface area contributed by atoms with Crippen molar-refractivity contribution < 1.29 is 4.74 Å². The fourth-order valence-electron chi connectivity index (χ4n) is 2.68. The summed E-state index contributed by atoms with van der Waals surface area (Å²) in [5.41, 5.74) is 5.33. The van der Waals surface area contributed by atoms with E-state index in [9.17, 15) is 0 Å². The molecule has 0 radical (unpaired) electrons. The molecule has 0 aromatic heterocycles. The average Bonchev–Trinajstić information content (AvgIpc) is 2.25. The lowest BCUT2D eigenvalue weighted by atomic mass is 9.91. The first-order valence-corrected chi connectivity index (χ1v) is 6.50. The van der Waals surface area contributed by atoms with Gasteiger partial charge in [0, 0.05) is 24.1 Å². The van der Waals surface area contributed by atoms with Crippen LogP contribution in [-0.4, -0.2) is 12.6 Å². The molecule has 17 heavy (non-hydrogen) atoms. The first-order valence-electron chi connectivity index (χ1n) is 6.50. The first kappa shape index (κ1) is 12.4. The lowest BCUT2D eigenvalue weighted by Gasteiger charge is -2.31. The quantitative estimate of drug-likeness (QED) is 0.845. The molecule has 1 aliphatic heterocycles. The Bertz CT molecular complexity index is 423. The summed E-state index contributed by atoms with van der Waals surface area (Å²) in [7, 11) is 0. The van der Waals surface area contributed by atoms with E-state index < -0.39 is 0 Å². The van der Waals surface area contributed by atoms with Gasteiger partial charge in [-0.15, -0.1) is 0 Å². The maximum absolute atomic E-state index is 5.89. The lowest BCUT2D eigenvalue weighted by Crippen LogP contribution is -2.32. The Morgan fingerprint density at radius 3 is 2.59 bits per heavy atom. The number of ether oxygens (including phenoxy) is 1. The standard InChI is InChI=1S/C15H23NO/c1-9(2)16-13-6-7-17-15-12(5)10(3)8-11(4)14(13)15/h8-9,13,16H,6-7H2,1-5H3. The number of aryl methyl sites for hydroxylation is 2. The second kappa shape index (κ2) is 4.69. The largest absolute Gasteiger partial charge is 0.493 e. The molecule has 0 spiro atoms. The highest BCUT2D eigenvalue weighted by Crippen LogP contribution is 2.38. The second-order valence-corrected chi connectivity index (χ2v) is 5.39. The van der Waals surface area contributed by atoms with Crippen LogP contribution >= 0.6 is 0 Å². The van der Waals surface area contributed by atoms with Gasteiger partial charge in [0.15, 0.2) is 0 Å². The minimum atomic E-state index is 0.443. The molecule has 1 unspecified atom stereocenters. The molecule has 1 aliphatic rings. The van der Waals surface area contributed by atoms with Gasteiger partial charge in [-0.05, 0) is 37.5 Å². The van der Waals surface area contributed by atoms with Crippen molar-refractivity contribution in [2.45, 2.75) is 53.1 Å². The van der Waals surface area contributed by atoms with Crippen LogP contribution in [0.25, 0.3) is 0 Å². The van der Waals surface area contributed by atoms with Crippen molar-refractivity contribution >= 4 is 0 Å². The third-order valence-electron chi connectivity index (χ3n) is 3.57. The van der Waals surface area contributed by atoms with Crippen LogP contribution in [-0.2, 0) is 0 Å². The Balaban J connectivity index is 2.47. The number of hydrogen-bond donors (Lipinski definition) is 1. The molecular weight excluding hydrogens is 210 g/mol. The first-order chi connectivity index (χ1) is 8.00. The molecule has 0 aliphatic carbocycles. The van der Waals surface area contributed by atoms with Gasteiger partial charge in [-0.1, -0.05) is 19.9 Å².